The highest BCUT2D eigenvalue weighted by molar-refractivity contribution is 6.05. The monoisotopic (exact) mass is 544 g/mol. The number of carbonyl (C=O) groups excluding carboxylic acids is 4. The Labute approximate surface area is 231 Å². The molecule has 1 aromatic heterocycles. The number of anilines is 1. The summed E-state index contributed by atoms with van der Waals surface area (Å²) in [5.74, 6) is -1.09. The molecule has 0 saturated heterocycles. The Morgan fingerprint density at radius 3 is 2.48 bits per heavy atom. The zero-order chi connectivity index (χ0) is 27.9. The highest BCUT2D eigenvalue weighted by atomic mass is 16.2. The van der Waals surface area contributed by atoms with Crippen LogP contribution < -0.4 is 20.9 Å². The van der Waals surface area contributed by atoms with E-state index >= 15 is 0 Å². The van der Waals surface area contributed by atoms with Crippen LogP contribution in [0.3, 0.4) is 0 Å². The van der Waals surface area contributed by atoms with Crippen molar-refractivity contribution in [2.75, 3.05) is 11.4 Å². The third-order valence-electron chi connectivity index (χ3n) is 7.45. The molecule has 12 heteroatoms. The number of H-pyrrole nitrogens is 1. The summed E-state index contributed by atoms with van der Waals surface area (Å²) < 4.78 is 0. The number of carbonyl (C=O) groups is 4. The summed E-state index contributed by atoms with van der Waals surface area (Å²) in [7, 11) is 0. The highest BCUT2D eigenvalue weighted by Gasteiger charge is 2.39. The van der Waals surface area contributed by atoms with Gasteiger partial charge in [0, 0.05) is 12.1 Å². The number of nitrogens with zero attached hydrogens (tertiary/aromatic N) is 4. The SMILES string of the molecule is O=C(Cc1ccccc1)N[C@H](C(=O)NCC(=O)N1c2ccccc2C[C@H]1C(=O)NCc1nn[nH]n1)C1CCCC1. The Morgan fingerprint density at radius 1 is 0.975 bits per heavy atom. The molecule has 12 nitrogen and oxygen atoms in total. The van der Waals surface area contributed by atoms with Crippen LogP contribution in [-0.4, -0.2) is 62.9 Å². The first-order chi connectivity index (χ1) is 19.5. The highest BCUT2D eigenvalue weighted by Crippen LogP contribution is 2.32. The van der Waals surface area contributed by atoms with Gasteiger partial charge in [-0.15, -0.1) is 10.2 Å². The zero-order valence-corrected chi connectivity index (χ0v) is 22.0. The number of tetrazole rings is 1. The average Bonchev–Trinajstić information content (AvgIpc) is 3.75. The standard InChI is InChI=1S/C28H32N8O4/c37-24(14-18-8-2-1-3-9-18)31-26(19-10-4-5-11-19)28(40)30-17-25(38)36-21-13-7-6-12-20(21)15-22(36)27(39)29-16-23-32-34-35-33-23/h1-3,6-9,12-13,19,22,26H,4-5,10-11,14-17H2,(H,29,39)(H,30,40)(H,31,37)(H,32,33,34,35)/t22-,26-/m0/s1. The van der Waals surface area contributed by atoms with Crippen molar-refractivity contribution in [3.63, 3.8) is 0 Å². The van der Waals surface area contributed by atoms with E-state index in [1.165, 1.54) is 4.90 Å². The predicted molar refractivity (Wildman–Crippen MR) is 144 cm³/mol. The minimum atomic E-state index is -0.787. The van der Waals surface area contributed by atoms with Crippen molar-refractivity contribution in [1.82, 2.24) is 36.6 Å². The number of fused-ring (bicyclic) bond motifs is 1. The molecule has 2 aliphatic rings. The van der Waals surface area contributed by atoms with E-state index in [-0.39, 0.29) is 37.2 Å². The van der Waals surface area contributed by atoms with Gasteiger partial charge in [0.2, 0.25) is 23.6 Å². The molecule has 0 spiro atoms. The summed E-state index contributed by atoms with van der Waals surface area (Å²) in [6, 6.07) is 15.1. The van der Waals surface area contributed by atoms with Crippen LogP contribution in [0.5, 0.6) is 0 Å². The van der Waals surface area contributed by atoms with E-state index < -0.39 is 23.9 Å². The van der Waals surface area contributed by atoms with Crippen molar-refractivity contribution in [2.45, 2.75) is 57.2 Å². The lowest BCUT2D eigenvalue weighted by atomic mass is 9.96. The largest absolute Gasteiger partial charge is 0.347 e. The van der Waals surface area contributed by atoms with Crippen molar-refractivity contribution in [2.24, 2.45) is 5.92 Å². The third-order valence-corrected chi connectivity index (χ3v) is 7.45. The van der Waals surface area contributed by atoms with E-state index in [0.29, 0.717) is 17.9 Å². The van der Waals surface area contributed by atoms with Crippen LogP contribution in [0.15, 0.2) is 54.6 Å². The lowest BCUT2D eigenvalue weighted by Gasteiger charge is -2.27. The Bertz CT molecular complexity index is 1340. The van der Waals surface area contributed by atoms with Gasteiger partial charge in [-0.3, -0.25) is 24.1 Å². The van der Waals surface area contributed by atoms with E-state index in [4.69, 9.17) is 0 Å². The Morgan fingerprint density at radius 2 is 1.73 bits per heavy atom. The predicted octanol–water partition coefficient (Wildman–Crippen LogP) is 0.808. The smallest absolute Gasteiger partial charge is 0.247 e. The topological polar surface area (TPSA) is 162 Å². The van der Waals surface area contributed by atoms with Gasteiger partial charge in [0.05, 0.1) is 19.5 Å². The molecule has 5 rings (SSSR count). The van der Waals surface area contributed by atoms with Crippen molar-refractivity contribution < 1.29 is 19.2 Å². The fourth-order valence-corrected chi connectivity index (χ4v) is 5.50. The third kappa shape index (κ3) is 6.33. The maximum absolute atomic E-state index is 13.5. The van der Waals surface area contributed by atoms with Gasteiger partial charge in [-0.25, -0.2) is 0 Å². The lowest BCUT2D eigenvalue weighted by Crippen LogP contribution is -2.54. The number of rotatable bonds is 10. The molecule has 2 atom stereocenters. The summed E-state index contributed by atoms with van der Waals surface area (Å²) in [6.45, 7) is -0.244. The van der Waals surface area contributed by atoms with Gasteiger partial charge >= 0.3 is 0 Å². The molecule has 208 valence electrons. The number of amides is 4. The second-order valence-electron chi connectivity index (χ2n) is 10.1. The first-order valence-electron chi connectivity index (χ1n) is 13.5. The zero-order valence-electron chi connectivity index (χ0n) is 22.0. The fraction of sp³-hybridized carbons (Fsp3) is 0.393. The molecule has 1 saturated carbocycles. The van der Waals surface area contributed by atoms with Crippen molar-refractivity contribution in [3.8, 4) is 0 Å². The summed E-state index contributed by atoms with van der Waals surface area (Å²) in [5.41, 5.74) is 2.35. The molecule has 40 heavy (non-hydrogen) atoms. The number of aromatic nitrogens is 4. The molecular formula is C28H32N8O4. The lowest BCUT2D eigenvalue weighted by molar-refractivity contribution is -0.131. The molecule has 1 aliphatic carbocycles. The number of hydrogen-bond acceptors (Lipinski definition) is 7. The fourth-order valence-electron chi connectivity index (χ4n) is 5.50. The normalized spacial score (nSPS) is 17.2. The van der Waals surface area contributed by atoms with E-state index in [9.17, 15) is 19.2 Å². The molecule has 0 unspecified atom stereocenters. The Balaban J connectivity index is 1.24. The quantitative estimate of drug-likeness (QED) is 0.294. The first kappa shape index (κ1) is 27.0. The van der Waals surface area contributed by atoms with Gasteiger partial charge in [-0.1, -0.05) is 66.6 Å². The molecular weight excluding hydrogens is 512 g/mol. The number of benzene rings is 2. The van der Waals surface area contributed by atoms with Gasteiger partial charge in [-0.05, 0) is 36.0 Å². The molecule has 4 amide bonds. The van der Waals surface area contributed by atoms with Crippen LogP contribution in [0.4, 0.5) is 5.69 Å². The van der Waals surface area contributed by atoms with Crippen LogP contribution in [0.2, 0.25) is 0 Å². The molecule has 4 N–H and O–H groups in total. The first-order valence-corrected chi connectivity index (χ1v) is 13.5. The Hall–Kier alpha value is -4.61. The minimum absolute atomic E-state index is 0.00556. The number of para-hydroxylation sites is 1. The molecule has 2 aromatic carbocycles. The van der Waals surface area contributed by atoms with Crippen LogP contribution >= 0.6 is 0 Å². The maximum atomic E-state index is 13.5. The van der Waals surface area contributed by atoms with Gasteiger partial charge in [0.25, 0.3) is 0 Å². The van der Waals surface area contributed by atoms with Crippen LogP contribution in [0.25, 0.3) is 0 Å². The molecule has 1 aliphatic heterocycles. The summed E-state index contributed by atoms with van der Waals surface area (Å²) in [5, 5.41) is 21.9. The molecule has 0 radical (unpaired) electrons. The summed E-state index contributed by atoms with van der Waals surface area (Å²) >= 11 is 0. The minimum Gasteiger partial charge on any atom is -0.347 e. The number of aromatic amines is 1. The van der Waals surface area contributed by atoms with E-state index in [2.05, 4.69) is 36.6 Å². The van der Waals surface area contributed by atoms with Crippen molar-refractivity contribution in [3.05, 3.63) is 71.5 Å². The van der Waals surface area contributed by atoms with Gasteiger partial charge in [0.15, 0.2) is 5.82 Å². The molecule has 3 aromatic rings. The van der Waals surface area contributed by atoms with Gasteiger partial charge in [0.1, 0.15) is 12.1 Å². The van der Waals surface area contributed by atoms with Crippen molar-refractivity contribution >= 4 is 29.3 Å². The Kier molecular flexibility index (Phi) is 8.43. The summed E-state index contributed by atoms with van der Waals surface area (Å²) in [6.07, 6.45) is 4.16. The molecule has 0 bridgehead atoms. The van der Waals surface area contributed by atoms with Crippen LogP contribution in [0.1, 0.15) is 42.6 Å². The van der Waals surface area contributed by atoms with Gasteiger partial charge in [-0.2, -0.15) is 5.21 Å². The average molecular weight is 545 g/mol. The second kappa shape index (κ2) is 12.5. The second-order valence-corrected chi connectivity index (χ2v) is 10.1. The number of nitrogens with one attached hydrogen (secondary N) is 4. The molecule has 2 heterocycles. The van der Waals surface area contributed by atoms with Gasteiger partial charge < -0.3 is 16.0 Å². The molecule has 1 fully saturated rings. The van der Waals surface area contributed by atoms with E-state index in [1.807, 2.05) is 42.5 Å². The van der Waals surface area contributed by atoms with E-state index in [1.54, 1.807) is 12.1 Å². The van der Waals surface area contributed by atoms with Crippen LogP contribution in [0, 0.1) is 5.92 Å². The number of hydrogen-bond donors (Lipinski definition) is 4. The van der Waals surface area contributed by atoms with Crippen molar-refractivity contribution in [1.29, 1.82) is 0 Å². The van der Waals surface area contributed by atoms with E-state index in [0.717, 1.165) is 36.8 Å². The maximum Gasteiger partial charge on any atom is 0.247 e. The van der Waals surface area contributed by atoms with Crippen LogP contribution in [-0.2, 0) is 38.6 Å². The summed E-state index contributed by atoms with van der Waals surface area (Å²) in [4.78, 5) is 54.1.